The molecule has 0 saturated carbocycles. The van der Waals surface area contributed by atoms with Crippen molar-refractivity contribution >= 4 is 23.3 Å². The quantitative estimate of drug-likeness (QED) is 0.705. The molecule has 3 rings (SSSR count). The second-order valence-corrected chi connectivity index (χ2v) is 5.40. The van der Waals surface area contributed by atoms with Gasteiger partial charge in [0.05, 0.1) is 5.52 Å². The molecule has 0 aliphatic carbocycles. The first-order chi connectivity index (χ1) is 10.1. The maximum atomic E-state index is 14.0. The standard InChI is InChI=1S/C16H14F2N2S/c1-10-4-2-3-5-11(10)8-9-20-15-13(19-16(20)21)7-6-12(17)14(15)18/h2-7H,8-9H2,1H3,(H,19,21). The number of hydrogen-bond donors (Lipinski definition) is 1. The van der Waals surface area contributed by atoms with Crippen molar-refractivity contribution in [1.82, 2.24) is 9.55 Å². The van der Waals surface area contributed by atoms with Crippen LogP contribution in [0.25, 0.3) is 11.0 Å². The first kappa shape index (κ1) is 13.9. The van der Waals surface area contributed by atoms with Gasteiger partial charge in [-0.2, -0.15) is 0 Å². The minimum atomic E-state index is -0.860. The first-order valence-electron chi connectivity index (χ1n) is 6.69. The lowest BCUT2D eigenvalue weighted by molar-refractivity contribution is 0.510. The van der Waals surface area contributed by atoms with Gasteiger partial charge < -0.3 is 9.55 Å². The van der Waals surface area contributed by atoms with Crippen LogP contribution in [0.5, 0.6) is 0 Å². The Kier molecular flexibility index (Phi) is 3.59. The Bertz CT molecular complexity index is 864. The molecular weight excluding hydrogens is 290 g/mol. The van der Waals surface area contributed by atoms with Crippen molar-refractivity contribution in [3.8, 4) is 0 Å². The van der Waals surface area contributed by atoms with E-state index in [9.17, 15) is 8.78 Å². The number of hydrogen-bond acceptors (Lipinski definition) is 1. The number of halogens is 2. The number of aromatic amines is 1. The fraction of sp³-hybridized carbons (Fsp3) is 0.188. The Morgan fingerprint density at radius 3 is 2.67 bits per heavy atom. The van der Waals surface area contributed by atoms with Crippen LogP contribution in [-0.4, -0.2) is 9.55 Å². The minimum Gasteiger partial charge on any atom is -0.330 e. The van der Waals surface area contributed by atoms with Gasteiger partial charge in [0.15, 0.2) is 16.4 Å². The van der Waals surface area contributed by atoms with E-state index in [0.717, 1.165) is 6.07 Å². The molecule has 1 aromatic heterocycles. The second kappa shape index (κ2) is 5.41. The lowest BCUT2D eigenvalue weighted by Crippen LogP contribution is -2.04. The Morgan fingerprint density at radius 1 is 1.14 bits per heavy atom. The fourth-order valence-corrected chi connectivity index (χ4v) is 2.82. The summed E-state index contributed by atoms with van der Waals surface area (Å²) in [6.45, 7) is 2.54. The number of aryl methyl sites for hydroxylation is 3. The summed E-state index contributed by atoms with van der Waals surface area (Å²) in [7, 11) is 0. The number of H-pyrrole nitrogens is 1. The molecule has 0 aliphatic rings. The van der Waals surface area contributed by atoms with Gasteiger partial charge in [0, 0.05) is 6.54 Å². The number of nitrogens with one attached hydrogen (secondary N) is 1. The molecule has 0 radical (unpaired) electrons. The summed E-state index contributed by atoms with van der Waals surface area (Å²) in [6, 6.07) is 10.6. The van der Waals surface area contributed by atoms with Crippen LogP contribution in [-0.2, 0) is 13.0 Å². The van der Waals surface area contributed by atoms with Crippen LogP contribution >= 0.6 is 12.2 Å². The zero-order valence-corrected chi connectivity index (χ0v) is 12.3. The molecule has 0 atom stereocenters. The number of imidazole rings is 1. The lowest BCUT2D eigenvalue weighted by Gasteiger charge is -2.08. The summed E-state index contributed by atoms with van der Waals surface area (Å²) in [5, 5.41) is 0. The van der Waals surface area contributed by atoms with E-state index >= 15 is 0 Å². The number of fused-ring (bicyclic) bond motifs is 1. The molecule has 2 aromatic carbocycles. The van der Waals surface area contributed by atoms with E-state index in [4.69, 9.17) is 12.2 Å². The predicted molar refractivity (Wildman–Crippen MR) is 81.9 cm³/mol. The SMILES string of the molecule is Cc1ccccc1CCn1c(=S)[nH]c2ccc(F)c(F)c21. The van der Waals surface area contributed by atoms with Crippen molar-refractivity contribution in [3.63, 3.8) is 0 Å². The van der Waals surface area contributed by atoms with Crippen molar-refractivity contribution in [1.29, 1.82) is 0 Å². The summed E-state index contributed by atoms with van der Waals surface area (Å²) < 4.78 is 29.5. The summed E-state index contributed by atoms with van der Waals surface area (Å²) in [4.78, 5) is 2.92. The van der Waals surface area contributed by atoms with Crippen LogP contribution < -0.4 is 0 Å². The van der Waals surface area contributed by atoms with E-state index in [1.165, 1.54) is 17.2 Å². The van der Waals surface area contributed by atoms with Crippen LogP contribution in [0, 0.1) is 23.3 Å². The molecule has 0 unspecified atom stereocenters. The van der Waals surface area contributed by atoms with Crippen molar-refractivity contribution in [2.45, 2.75) is 19.9 Å². The number of aromatic nitrogens is 2. The monoisotopic (exact) mass is 304 g/mol. The van der Waals surface area contributed by atoms with Gasteiger partial charge in [0.1, 0.15) is 5.52 Å². The van der Waals surface area contributed by atoms with Gasteiger partial charge in [0.25, 0.3) is 0 Å². The number of benzene rings is 2. The van der Waals surface area contributed by atoms with E-state index in [1.54, 1.807) is 4.57 Å². The predicted octanol–water partition coefficient (Wildman–Crippen LogP) is 4.53. The number of rotatable bonds is 3. The molecule has 1 N–H and O–H groups in total. The minimum absolute atomic E-state index is 0.202. The molecule has 3 aromatic rings. The average molecular weight is 304 g/mol. The first-order valence-corrected chi connectivity index (χ1v) is 7.10. The van der Waals surface area contributed by atoms with Crippen LogP contribution in [0.2, 0.25) is 0 Å². The summed E-state index contributed by atoms with van der Waals surface area (Å²) >= 11 is 5.22. The molecule has 2 nitrogen and oxygen atoms in total. The molecule has 21 heavy (non-hydrogen) atoms. The smallest absolute Gasteiger partial charge is 0.184 e. The molecule has 0 bridgehead atoms. The molecule has 1 heterocycles. The highest BCUT2D eigenvalue weighted by Gasteiger charge is 2.13. The van der Waals surface area contributed by atoms with Gasteiger partial charge >= 0.3 is 0 Å². The van der Waals surface area contributed by atoms with Crippen LogP contribution in [0.1, 0.15) is 11.1 Å². The van der Waals surface area contributed by atoms with E-state index in [-0.39, 0.29) is 5.52 Å². The third-order valence-corrected chi connectivity index (χ3v) is 4.01. The molecule has 0 spiro atoms. The topological polar surface area (TPSA) is 20.7 Å². The summed E-state index contributed by atoms with van der Waals surface area (Å²) in [6.07, 6.45) is 0.712. The van der Waals surface area contributed by atoms with Crippen LogP contribution in [0.15, 0.2) is 36.4 Å². The van der Waals surface area contributed by atoms with Gasteiger partial charge in [-0.15, -0.1) is 0 Å². The zero-order chi connectivity index (χ0) is 15.0. The molecule has 0 saturated heterocycles. The van der Waals surface area contributed by atoms with Crippen molar-refractivity contribution in [3.05, 3.63) is 63.9 Å². The van der Waals surface area contributed by atoms with E-state index in [0.29, 0.717) is 23.3 Å². The Morgan fingerprint density at radius 2 is 1.90 bits per heavy atom. The van der Waals surface area contributed by atoms with Gasteiger partial charge in [-0.3, -0.25) is 0 Å². The average Bonchev–Trinajstić information content (AvgIpc) is 2.79. The van der Waals surface area contributed by atoms with E-state index in [2.05, 4.69) is 4.98 Å². The normalized spacial score (nSPS) is 11.2. The van der Waals surface area contributed by atoms with E-state index in [1.807, 2.05) is 31.2 Å². The molecule has 108 valence electrons. The second-order valence-electron chi connectivity index (χ2n) is 5.02. The Labute approximate surface area is 126 Å². The third kappa shape index (κ3) is 2.49. The summed E-state index contributed by atoms with van der Waals surface area (Å²) in [5.41, 5.74) is 3.07. The van der Waals surface area contributed by atoms with Gasteiger partial charge in [-0.05, 0) is 48.8 Å². The van der Waals surface area contributed by atoms with Gasteiger partial charge in [-0.25, -0.2) is 8.78 Å². The molecule has 5 heteroatoms. The van der Waals surface area contributed by atoms with E-state index < -0.39 is 11.6 Å². The van der Waals surface area contributed by atoms with Crippen LogP contribution in [0.4, 0.5) is 8.78 Å². The van der Waals surface area contributed by atoms with Gasteiger partial charge in [-0.1, -0.05) is 24.3 Å². The highest BCUT2D eigenvalue weighted by atomic mass is 32.1. The maximum Gasteiger partial charge on any atom is 0.184 e. The zero-order valence-electron chi connectivity index (χ0n) is 11.5. The molecule has 0 fully saturated rings. The lowest BCUT2D eigenvalue weighted by atomic mass is 10.1. The van der Waals surface area contributed by atoms with Crippen LogP contribution in [0.3, 0.4) is 0 Å². The third-order valence-electron chi connectivity index (χ3n) is 3.69. The summed E-state index contributed by atoms with van der Waals surface area (Å²) in [5.74, 6) is -1.72. The maximum absolute atomic E-state index is 14.0. The molecular formula is C16H14F2N2S. The Hall–Kier alpha value is -2.01. The number of nitrogens with zero attached hydrogens (tertiary/aromatic N) is 1. The fourth-order valence-electron chi connectivity index (χ4n) is 2.53. The highest BCUT2D eigenvalue weighted by molar-refractivity contribution is 7.71. The van der Waals surface area contributed by atoms with Crippen molar-refractivity contribution in [2.24, 2.45) is 0 Å². The highest BCUT2D eigenvalue weighted by Crippen LogP contribution is 2.21. The molecule has 0 aliphatic heterocycles. The van der Waals surface area contributed by atoms with Crippen molar-refractivity contribution < 1.29 is 8.78 Å². The molecule has 0 amide bonds. The van der Waals surface area contributed by atoms with Gasteiger partial charge in [0.2, 0.25) is 0 Å². The largest absolute Gasteiger partial charge is 0.330 e. The Balaban J connectivity index is 2.01. The van der Waals surface area contributed by atoms with Crippen molar-refractivity contribution in [2.75, 3.05) is 0 Å².